The van der Waals surface area contributed by atoms with Crippen molar-refractivity contribution in [2.24, 2.45) is 0 Å². The summed E-state index contributed by atoms with van der Waals surface area (Å²) >= 11 is 0. The van der Waals surface area contributed by atoms with E-state index in [0.29, 0.717) is 0 Å². The van der Waals surface area contributed by atoms with Crippen LogP contribution in [-0.2, 0) is 0 Å². The lowest BCUT2D eigenvalue weighted by atomic mass is 9.97. The van der Waals surface area contributed by atoms with Gasteiger partial charge in [0.25, 0.3) is 0 Å². The SMILES string of the molecule is COc1ccc(C(O)C(C)N2CCNCC2)c(C)c1. The van der Waals surface area contributed by atoms with E-state index >= 15 is 0 Å². The van der Waals surface area contributed by atoms with Gasteiger partial charge >= 0.3 is 0 Å². The Bertz CT molecular complexity index is 417. The molecule has 0 saturated carbocycles. The number of methoxy groups -OCH3 is 1. The zero-order chi connectivity index (χ0) is 13.8. The van der Waals surface area contributed by atoms with Crippen molar-refractivity contribution in [3.63, 3.8) is 0 Å². The largest absolute Gasteiger partial charge is 0.497 e. The fourth-order valence-electron chi connectivity index (χ4n) is 2.66. The number of hydrogen-bond acceptors (Lipinski definition) is 4. The lowest BCUT2D eigenvalue weighted by Crippen LogP contribution is -2.49. The molecule has 0 spiro atoms. The molecule has 1 aliphatic rings. The van der Waals surface area contributed by atoms with Crippen LogP contribution in [0.5, 0.6) is 5.75 Å². The summed E-state index contributed by atoms with van der Waals surface area (Å²) in [7, 11) is 1.66. The fourth-order valence-corrected chi connectivity index (χ4v) is 2.66. The molecule has 0 radical (unpaired) electrons. The third-order valence-electron chi connectivity index (χ3n) is 3.98. The minimum atomic E-state index is -0.455. The summed E-state index contributed by atoms with van der Waals surface area (Å²) in [5.74, 6) is 0.836. The molecule has 1 aliphatic heterocycles. The van der Waals surface area contributed by atoms with Gasteiger partial charge in [-0.15, -0.1) is 0 Å². The summed E-state index contributed by atoms with van der Waals surface area (Å²) in [6.07, 6.45) is -0.455. The molecule has 0 amide bonds. The molecule has 2 N–H and O–H groups in total. The monoisotopic (exact) mass is 264 g/mol. The summed E-state index contributed by atoms with van der Waals surface area (Å²) in [6.45, 7) is 8.10. The molecule has 2 atom stereocenters. The molecule has 2 rings (SSSR count). The second kappa shape index (κ2) is 6.37. The van der Waals surface area contributed by atoms with E-state index in [-0.39, 0.29) is 6.04 Å². The summed E-state index contributed by atoms with van der Waals surface area (Å²) in [6, 6.07) is 5.99. The van der Waals surface area contributed by atoms with E-state index in [1.54, 1.807) is 7.11 Å². The molecular weight excluding hydrogens is 240 g/mol. The van der Waals surface area contributed by atoms with E-state index in [2.05, 4.69) is 17.1 Å². The average molecular weight is 264 g/mol. The van der Waals surface area contributed by atoms with Crippen molar-refractivity contribution >= 4 is 0 Å². The number of aryl methyl sites for hydroxylation is 1. The third-order valence-corrected chi connectivity index (χ3v) is 3.98. The highest BCUT2D eigenvalue weighted by Gasteiger charge is 2.25. The van der Waals surface area contributed by atoms with Crippen molar-refractivity contribution < 1.29 is 9.84 Å². The Balaban J connectivity index is 2.11. The first kappa shape index (κ1) is 14.3. The van der Waals surface area contributed by atoms with Gasteiger partial charge in [0.15, 0.2) is 0 Å². The number of ether oxygens (including phenoxy) is 1. The van der Waals surface area contributed by atoms with E-state index in [1.807, 2.05) is 25.1 Å². The summed E-state index contributed by atoms with van der Waals surface area (Å²) in [4.78, 5) is 2.34. The van der Waals surface area contributed by atoms with Crippen LogP contribution in [0.15, 0.2) is 18.2 Å². The number of benzene rings is 1. The summed E-state index contributed by atoms with van der Waals surface area (Å²) in [5.41, 5.74) is 2.07. The number of hydrogen-bond donors (Lipinski definition) is 2. The van der Waals surface area contributed by atoms with E-state index in [0.717, 1.165) is 43.1 Å². The lowest BCUT2D eigenvalue weighted by Gasteiger charge is -2.35. The molecule has 1 heterocycles. The predicted molar refractivity (Wildman–Crippen MR) is 76.6 cm³/mol. The number of rotatable bonds is 4. The number of aliphatic hydroxyl groups is 1. The molecule has 2 unspecified atom stereocenters. The molecule has 19 heavy (non-hydrogen) atoms. The minimum Gasteiger partial charge on any atom is -0.497 e. The Morgan fingerprint density at radius 1 is 1.32 bits per heavy atom. The number of nitrogens with one attached hydrogen (secondary N) is 1. The second-order valence-corrected chi connectivity index (χ2v) is 5.19. The van der Waals surface area contributed by atoms with Gasteiger partial charge in [-0.05, 0) is 37.1 Å². The van der Waals surface area contributed by atoms with Crippen LogP contribution in [0, 0.1) is 6.92 Å². The maximum absolute atomic E-state index is 10.6. The van der Waals surface area contributed by atoms with E-state index in [1.165, 1.54) is 0 Å². The molecule has 1 saturated heterocycles. The van der Waals surface area contributed by atoms with Gasteiger partial charge in [0.1, 0.15) is 5.75 Å². The second-order valence-electron chi connectivity index (χ2n) is 5.19. The van der Waals surface area contributed by atoms with Crippen molar-refractivity contribution in [3.05, 3.63) is 29.3 Å². The first-order chi connectivity index (χ1) is 9.13. The van der Waals surface area contributed by atoms with Crippen LogP contribution in [0.2, 0.25) is 0 Å². The molecule has 0 aromatic heterocycles. The Labute approximate surface area is 115 Å². The van der Waals surface area contributed by atoms with Crippen molar-refractivity contribution in [1.82, 2.24) is 10.2 Å². The maximum Gasteiger partial charge on any atom is 0.119 e. The van der Waals surface area contributed by atoms with Crippen LogP contribution < -0.4 is 10.1 Å². The van der Waals surface area contributed by atoms with Crippen molar-refractivity contribution in [1.29, 1.82) is 0 Å². The first-order valence-electron chi connectivity index (χ1n) is 6.91. The van der Waals surface area contributed by atoms with Crippen LogP contribution in [-0.4, -0.2) is 49.3 Å². The van der Waals surface area contributed by atoms with Gasteiger partial charge in [0, 0.05) is 32.2 Å². The quantitative estimate of drug-likeness (QED) is 0.861. The van der Waals surface area contributed by atoms with Crippen LogP contribution in [0.25, 0.3) is 0 Å². The Morgan fingerprint density at radius 2 is 2.00 bits per heavy atom. The van der Waals surface area contributed by atoms with Gasteiger partial charge in [-0.25, -0.2) is 0 Å². The molecular formula is C15H24N2O2. The lowest BCUT2D eigenvalue weighted by molar-refractivity contribution is 0.0506. The molecule has 4 nitrogen and oxygen atoms in total. The molecule has 106 valence electrons. The summed E-state index contributed by atoms with van der Waals surface area (Å²) < 4.78 is 5.21. The zero-order valence-electron chi connectivity index (χ0n) is 12.0. The van der Waals surface area contributed by atoms with Crippen LogP contribution in [0.4, 0.5) is 0 Å². The van der Waals surface area contributed by atoms with E-state index in [4.69, 9.17) is 4.74 Å². The van der Waals surface area contributed by atoms with Gasteiger partial charge in [-0.2, -0.15) is 0 Å². The van der Waals surface area contributed by atoms with Crippen molar-refractivity contribution in [2.45, 2.75) is 26.0 Å². The number of aliphatic hydroxyl groups excluding tert-OH is 1. The Morgan fingerprint density at radius 3 is 2.58 bits per heavy atom. The normalized spacial score (nSPS) is 20.0. The standard InChI is InChI=1S/C15H24N2O2/c1-11-10-13(19-3)4-5-14(11)15(18)12(2)17-8-6-16-7-9-17/h4-5,10,12,15-16,18H,6-9H2,1-3H3. The topological polar surface area (TPSA) is 44.7 Å². The van der Waals surface area contributed by atoms with Crippen LogP contribution >= 0.6 is 0 Å². The van der Waals surface area contributed by atoms with Gasteiger partial charge in [-0.1, -0.05) is 6.07 Å². The number of piperazine rings is 1. The fraction of sp³-hybridized carbons (Fsp3) is 0.600. The highest BCUT2D eigenvalue weighted by Crippen LogP contribution is 2.26. The minimum absolute atomic E-state index is 0.134. The van der Waals surface area contributed by atoms with E-state index < -0.39 is 6.10 Å². The van der Waals surface area contributed by atoms with Crippen molar-refractivity contribution in [2.75, 3.05) is 33.3 Å². The third kappa shape index (κ3) is 3.26. The highest BCUT2D eigenvalue weighted by atomic mass is 16.5. The molecule has 1 fully saturated rings. The Kier molecular flexibility index (Phi) is 4.80. The van der Waals surface area contributed by atoms with Crippen LogP contribution in [0.1, 0.15) is 24.2 Å². The predicted octanol–water partition coefficient (Wildman–Crippen LogP) is 1.33. The van der Waals surface area contributed by atoms with Gasteiger partial charge in [0.2, 0.25) is 0 Å². The van der Waals surface area contributed by atoms with E-state index in [9.17, 15) is 5.11 Å². The molecule has 1 aromatic carbocycles. The molecule has 4 heteroatoms. The zero-order valence-corrected chi connectivity index (χ0v) is 12.0. The highest BCUT2D eigenvalue weighted by molar-refractivity contribution is 5.36. The molecule has 0 aliphatic carbocycles. The smallest absolute Gasteiger partial charge is 0.119 e. The van der Waals surface area contributed by atoms with Gasteiger partial charge in [0.05, 0.1) is 13.2 Å². The van der Waals surface area contributed by atoms with Crippen LogP contribution in [0.3, 0.4) is 0 Å². The van der Waals surface area contributed by atoms with Gasteiger partial charge in [-0.3, -0.25) is 4.90 Å². The molecule has 0 bridgehead atoms. The maximum atomic E-state index is 10.6. The number of nitrogens with zero attached hydrogens (tertiary/aromatic N) is 1. The Hall–Kier alpha value is -1.10. The average Bonchev–Trinajstić information content (AvgIpc) is 2.46. The first-order valence-corrected chi connectivity index (χ1v) is 6.91. The summed E-state index contributed by atoms with van der Waals surface area (Å²) in [5, 5.41) is 13.9. The van der Waals surface area contributed by atoms with Gasteiger partial charge < -0.3 is 15.2 Å². The van der Waals surface area contributed by atoms with Crippen molar-refractivity contribution in [3.8, 4) is 5.75 Å². The molecule has 1 aromatic rings.